The van der Waals surface area contributed by atoms with Crippen molar-refractivity contribution in [2.45, 2.75) is 13.0 Å². The molecule has 0 aliphatic carbocycles. The third-order valence-corrected chi connectivity index (χ3v) is 2.96. The number of nitrogens with one attached hydrogen (secondary N) is 1. The minimum atomic E-state index is 0.124. The fraction of sp³-hybridized carbons (Fsp3) is 0.188. The Morgan fingerprint density at radius 1 is 1.00 bits per heavy atom. The van der Waals surface area contributed by atoms with Gasteiger partial charge in [-0.15, -0.1) is 0 Å². The molecule has 0 amide bonds. The summed E-state index contributed by atoms with van der Waals surface area (Å²) in [5.41, 5.74) is 1.95. The van der Waals surface area contributed by atoms with E-state index in [4.69, 9.17) is 0 Å². The van der Waals surface area contributed by atoms with Gasteiger partial charge in [-0.05, 0) is 12.5 Å². The molecule has 2 aromatic rings. The molecule has 1 N–H and O–H groups in total. The average molecular weight is 239 g/mol. The van der Waals surface area contributed by atoms with Gasteiger partial charge in [0.25, 0.3) is 0 Å². The maximum Gasteiger partial charge on any atom is 0.176 e. The lowest BCUT2D eigenvalue weighted by Gasteiger charge is -2.13. The molecule has 1 atom stereocenters. The summed E-state index contributed by atoms with van der Waals surface area (Å²) in [5, 5.41) is 3.25. The Balaban J connectivity index is 1.91. The van der Waals surface area contributed by atoms with Crippen molar-refractivity contribution in [1.29, 1.82) is 0 Å². The van der Waals surface area contributed by atoms with Gasteiger partial charge in [0, 0.05) is 11.6 Å². The number of hydrogen-bond acceptors (Lipinski definition) is 2. The molecule has 0 bridgehead atoms. The Kier molecular flexibility index (Phi) is 4.26. The van der Waals surface area contributed by atoms with E-state index in [1.165, 1.54) is 5.56 Å². The molecule has 1 unspecified atom stereocenters. The highest BCUT2D eigenvalue weighted by Crippen LogP contribution is 2.11. The summed E-state index contributed by atoms with van der Waals surface area (Å²) in [6, 6.07) is 19.7. The standard InChI is InChI=1S/C16H17NO/c1-13(14-8-4-2-5-9-14)17-12-16(18)15-10-6-3-7-11-15/h2-11,13,17H,12H2,1H3. The van der Waals surface area contributed by atoms with Crippen molar-refractivity contribution in [1.82, 2.24) is 5.32 Å². The molecule has 0 saturated heterocycles. The first-order valence-electron chi connectivity index (χ1n) is 6.14. The lowest BCUT2D eigenvalue weighted by molar-refractivity contribution is 0.0988. The molecule has 0 radical (unpaired) electrons. The van der Waals surface area contributed by atoms with Crippen molar-refractivity contribution in [2.75, 3.05) is 6.54 Å². The second-order valence-electron chi connectivity index (χ2n) is 4.30. The molecule has 0 heterocycles. The zero-order valence-electron chi connectivity index (χ0n) is 10.5. The first kappa shape index (κ1) is 12.5. The summed E-state index contributed by atoms with van der Waals surface area (Å²) in [6.45, 7) is 2.42. The lowest BCUT2D eigenvalue weighted by Crippen LogP contribution is -2.25. The van der Waals surface area contributed by atoms with E-state index in [0.717, 1.165) is 5.56 Å². The normalized spacial score (nSPS) is 12.1. The molecular weight excluding hydrogens is 222 g/mol. The SMILES string of the molecule is CC(NCC(=O)c1ccccc1)c1ccccc1. The second kappa shape index (κ2) is 6.12. The van der Waals surface area contributed by atoms with Gasteiger partial charge in [-0.1, -0.05) is 60.7 Å². The Morgan fingerprint density at radius 2 is 1.56 bits per heavy atom. The van der Waals surface area contributed by atoms with E-state index >= 15 is 0 Å². The Hall–Kier alpha value is -1.93. The monoisotopic (exact) mass is 239 g/mol. The zero-order chi connectivity index (χ0) is 12.8. The van der Waals surface area contributed by atoms with Crippen LogP contribution >= 0.6 is 0 Å². The summed E-state index contributed by atoms with van der Waals surface area (Å²) in [5.74, 6) is 0.124. The van der Waals surface area contributed by atoms with E-state index in [-0.39, 0.29) is 11.8 Å². The van der Waals surface area contributed by atoms with Gasteiger partial charge in [0.15, 0.2) is 5.78 Å². The maximum absolute atomic E-state index is 11.9. The predicted octanol–water partition coefficient (Wildman–Crippen LogP) is 3.22. The average Bonchev–Trinajstić information content (AvgIpc) is 2.46. The fourth-order valence-electron chi connectivity index (χ4n) is 1.83. The van der Waals surface area contributed by atoms with Gasteiger partial charge in [-0.2, -0.15) is 0 Å². The van der Waals surface area contributed by atoms with Crippen LogP contribution < -0.4 is 5.32 Å². The number of Topliss-reactive ketones (excluding diaryl/α,β-unsaturated/α-hetero) is 1. The predicted molar refractivity (Wildman–Crippen MR) is 73.6 cm³/mol. The van der Waals surface area contributed by atoms with E-state index in [1.807, 2.05) is 48.5 Å². The largest absolute Gasteiger partial charge is 0.303 e. The molecule has 92 valence electrons. The Bertz CT molecular complexity index is 493. The van der Waals surface area contributed by atoms with Crippen LogP contribution in [-0.4, -0.2) is 12.3 Å². The molecule has 0 aliphatic heterocycles. The van der Waals surface area contributed by atoms with Gasteiger partial charge in [0.1, 0.15) is 0 Å². The van der Waals surface area contributed by atoms with Gasteiger partial charge >= 0.3 is 0 Å². The van der Waals surface area contributed by atoms with Crippen molar-refractivity contribution in [3.63, 3.8) is 0 Å². The molecule has 0 aromatic heterocycles. The van der Waals surface area contributed by atoms with Crippen LogP contribution in [0.25, 0.3) is 0 Å². The number of hydrogen-bond donors (Lipinski definition) is 1. The lowest BCUT2D eigenvalue weighted by atomic mass is 10.1. The first-order chi connectivity index (χ1) is 8.77. The van der Waals surface area contributed by atoms with Crippen LogP contribution in [-0.2, 0) is 0 Å². The summed E-state index contributed by atoms with van der Waals surface area (Å²) >= 11 is 0. The van der Waals surface area contributed by atoms with Crippen LogP contribution in [0.1, 0.15) is 28.9 Å². The van der Waals surface area contributed by atoms with Crippen LogP contribution in [0.4, 0.5) is 0 Å². The molecule has 2 aromatic carbocycles. The number of carbonyl (C=O) groups is 1. The Morgan fingerprint density at radius 3 is 2.17 bits per heavy atom. The fourth-order valence-corrected chi connectivity index (χ4v) is 1.83. The molecule has 0 saturated carbocycles. The topological polar surface area (TPSA) is 29.1 Å². The Labute approximate surface area is 108 Å². The summed E-state index contributed by atoms with van der Waals surface area (Å²) in [7, 11) is 0. The molecule has 2 rings (SSSR count). The maximum atomic E-state index is 11.9. The zero-order valence-corrected chi connectivity index (χ0v) is 10.5. The molecule has 2 nitrogen and oxygen atoms in total. The number of rotatable bonds is 5. The van der Waals surface area contributed by atoms with Crippen molar-refractivity contribution in [3.05, 3.63) is 71.8 Å². The third-order valence-electron chi connectivity index (χ3n) is 2.96. The van der Waals surface area contributed by atoms with Crippen molar-refractivity contribution >= 4 is 5.78 Å². The molecule has 18 heavy (non-hydrogen) atoms. The highest BCUT2D eigenvalue weighted by atomic mass is 16.1. The molecule has 0 fully saturated rings. The van der Waals surface area contributed by atoms with Crippen LogP contribution in [0, 0.1) is 0 Å². The molecular formula is C16H17NO. The molecule has 0 aliphatic rings. The van der Waals surface area contributed by atoms with E-state index < -0.39 is 0 Å². The second-order valence-corrected chi connectivity index (χ2v) is 4.30. The quantitative estimate of drug-likeness (QED) is 0.812. The highest BCUT2D eigenvalue weighted by molar-refractivity contribution is 5.97. The first-order valence-corrected chi connectivity index (χ1v) is 6.14. The van der Waals surface area contributed by atoms with E-state index in [9.17, 15) is 4.79 Å². The molecule has 0 spiro atoms. The van der Waals surface area contributed by atoms with Gasteiger partial charge < -0.3 is 5.32 Å². The minimum Gasteiger partial charge on any atom is -0.303 e. The van der Waals surface area contributed by atoms with Crippen LogP contribution in [0.15, 0.2) is 60.7 Å². The smallest absolute Gasteiger partial charge is 0.176 e. The van der Waals surface area contributed by atoms with E-state index in [1.54, 1.807) is 0 Å². The highest BCUT2D eigenvalue weighted by Gasteiger charge is 2.08. The van der Waals surface area contributed by atoms with E-state index in [0.29, 0.717) is 6.54 Å². The summed E-state index contributed by atoms with van der Waals surface area (Å²) < 4.78 is 0. The number of ketones is 1. The van der Waals surface area contributed by atoms with Gasteiger partial charge in [0.05, 0.1) is 6.54 Å². The van der Waals surface area contributed by atoms with Crippen LogP contribution in [0.3, 0.4) is 0 Å². The van der Waals surface area contributed by atoms with Crippen LogP contribution in [0.5, 0.6) is 0 Å². The van der Waals surface area contributed by atoms with Gasteiger partial charge in [-0.3, -0.25) is 4.79 Å². The number of benzene rings is 2. The van der Waals surface area contributed by atoms with Gasteiger partial charge in [0.2, 0.25) is 0 Å². The summed E-state index contributed by atoms with van der Waals surface area (Å²) in [4.78, 5) is 11.9. The van der Waals surface area contributed by atoms with E-state index in [2.05, 4.69) is 24.4 Å². The summed E-state index contributed by atoms with van der Waals surface area (Å²) in [6.07, 6.45) is 0. The van der Waals surface area contributed by atoms with Gasteiger partial charge in [-0.25, -0.2) is 0 Å². The molecule has 2 heteroatoms. The number of carbonyl (C=O) groups excluding carboxylic acids is 1. The third kappa shape index (κ3) is 3.28. The minimum absolute atomic E-state index is 0.124. The van der Waals surface area contributed by atoms with Crippen molar-refractivity contribution in [2.24, 2.45) is 0 Å². The van der Waals surface area contributed by atoms with Crippen molar-refractivity contribution in [3.8, 4) is 0 Å². The van der Waals surface area contributed by atoms with Crippen LogP contribution in [0.2, 0.25) is 0 Å². The van der Waals surface area contributed by atoms with Crippen molar-refractivity contribution < 1.29 is 4.79 Å².